The number of hydrogen-bond donors (Lipinski definition) is 0. The highest BCUT2D eigenvalue weighted by Crippen LogP contribution is 2.56. The summed E-state index contributed by atoms with van der Waals surface area (Å²) in [5.74, 6) is -6.35. The van der Waals surface area contributed by atoms with Crippen molar-refractivity contribution in [3.05, 3.63) is 35.4 Å². The van der Waals surface area contributed by atoms with Gasteiger partial charge in [-0.05, 0) is 40.4 Å². The minimum atomic E-state index is -4.04. The Morgan fingerprint density at radius 1 is 1.52 bits per heavy atom. The summed E-state index contributed by atoms with van der Waals surface area (Å²) in [5, 5.41) is 1.12. The summed E-state index contributed by atoms with van der Waals surface area (Å²) >= 11 is 2.03. The van der Waals surface area contributed by atoms with Gasteiger partial charge < -0.3 is 4.74 Å². The van der Waals surface area contributed by atoms with Crippen LogP contribution in [-0.4, -0.2) is 34.9 Å². The number of hydrogen-bond acceptors (Lipinski definition) is 4. The minimum Gasteiger partial charge on any atom is -0.466 e. The second-order valence-corrected chi connectivity index (χ2v) is 6.49. The molecule has 1 saturated heterocycles. The number of esters is 1. The quantitative estimate of drug-likeness (QED) is 0.582. The van der Waals surface area contributed by atoms with E-state index >= 15 is 4.39 Å². The van der Waals surface area contributed by atoms with Gasteiger partial charge in [0.2, 0.25) is 0 Å². The summed E-state index contributed by atoms with van der Waals surface area (Å²) in [6, 6.07) is 6.10. The maximum absolute atomic E-state index is 15.1. The smallest absolute Gasteiger partial charge is 0.361 e. The lowest BCUT2D eigenvalue weighted by Crippen LogP contribution is -2.49. The van der Waals surface area contributed by atoms with Crippen molar-refractivity contribution in [1.29, 1.82) is 0 Å². The van der Waals surface area contributed by atoms with Gasteiger partial charge in [-0.3, -0.25) is 4.79 Å². The third kappa shape index (κ3) is 2.56. The molecule has 0 radical (unpaired) electrons. The van der Waals surface area contributed by atoms with Gasteiger partial charge in [0.1, 0.15) is 5.92 Å². The zero-order valence-corrected chi connectivity index (χ0v) is 13.9. The van der Waals surface area contributed by atoms with E-state index in [0.29, 0.717) is 12.0 Å². The summed E-state index contributed by atoms with van der Waals surface area (Å²) in [6.45, 7) is 1.71. The Balaban J connectivity index is 2.10. The molecule has 1 aromatic rings. The monoisotopic (exact) mass is 393 g/mol. The van der Waals surface area contributed by atoms with Crippen LogP contribution in [0.25, 0.3) is 0 Å². The van der Waals surface area contributed by atoms with Gasteiger partial charge in [0, 0.05) is 6.54 Å². The Kier molecular flexibility index (Phi) is 4.18. The summed E-state index contributed by atoms with van der Waals surface area (Å²) < 4.78 is 47.7. The molecule has 0 spiro atoms. The minimum absolute atomic E-state index is 0.0341. The van der Waals surface area contributed by atoms with Crippen LogP contribution in [0.4, 0.5) is 13.2 Å². The van der Waals surface area contributed by atoms with Crippen molar-refractivity contribution in [3.8, 4) is 0 Å². The lowest BCUT2D eigenvalue weighted by molar-refractivity contribution is -0.309. The maximum atomic E-state index is 15.1. The molecule has 3 atom stereocenters. The van der Waals surface area contributed by atoms with Crippen LogP contribution in [0, 0.1) is 5.92 Å². The predicted molar refractivity (Wildman–Crippen MR) is 78.5 cm³/mol. The fourth-order valence-electron chi connectivity index (χ4n) is 3.19. The molecule has 0 saturated carbocycles. The number of halogens is 4. The van der Waals surface area contributed by atoms with E-state index in [4.69, 9.17) is 9.57 Å². The van der Waals surface area contributed by atoms with Crippen molar-refractivity contribution in [2.75, 3.05) is 13.2 Å². The first-order valence-corrected chi connectivity index (χ1v) is 8.04. The molecule has 0 N–H and O–H groups in total. The first-order valence-electron chi connectivity index (χ1n) is 7.25. The highest BCUT2D eigenvalue weighted by Gasteiger charge is 2.71. The summed E-state index contributed by atoms with van der Waals surface area (Å²) in [5.41, 5.74) is 1.49. The molecular formula is C15H15BrF3NO3. The number of fused-ring (bicyclic) bond motifs is 3. The number of alkyl halides is 4. The van der Waals surface area contributed by atoms with Gasteiger partial charge in [-0.2, -0.15) is 13.8 Å². The molecule has 2 heterocycles. The van der Waals surface area contributed by atoms with Crippen molar-refractivity contribution < 1.29 is 27.5 Å². The van der Waals surface area contributed by atoms with E-state index in [0.717, 1.165) is 10.6 Å². The van der Waals surface area contributed by atoms with Crippen LogP contribution >= 0.6 is 15.9 Å². The molecule has 0 aromatic heterocycles. The molecule has 4 nitrogen and oxygen atoms in total. The fourth-order valence-corrected chi connectivity index (χ4v) is 3.51. The molecule has 2 aliphatic rings. The van der Waals surface area contributed by atoms with Crippen LogP contribution in [-0.2, 0) is 20.8 Å². The van der Waals surface area contributed by atoms with E-state index in [1.165, 1.54) is 6.92 Å². The highest BCUT2D eigenvalue weighted by molar-refractivity contribution is 9.10. The van der Waals surface area contributed by atoms with Crippen molar-refractivity contribution >= 4 is 21.9 Å². The third-order valence-corrected chi connectivity index (χ3v) is 4.72. The lowest BCUT2D eigenvalue weighted by atomic mass is 9.83. The molecule has 2 aliphatic heterocycles. The average molecular weight is 394 g/mol. The van der Waals surface area contributed by atoms with Gasteiger partial charge in [0.25, 0.3) is 0 Å². The van der Waals surface area contributed by atoms with E-state index in [1.54, 1.807) is 12.1 Å². The van der Waals surface area contributed by atoms with Gasteiger partial charge >= 0.3 is 16.7 Å². The summed E-state index contributed by atoms with van der Waals surface area (Å²) in [7, 11) is 0. The number of carbonyl (C=O) groups excluding carboxylic acids is 1. The number of benzene rings is 1. The molecule has 1 fully saturated rings. The summed E-state index contributed by atoms with van der Waals surface area (Å²) in [4.78, 5) is 13.1. The number of ether oxygens (including phenoxy) is 1. The van der Waals surface area contributed by atoms with E-state index in [9.17, 15) is 13.6 Å². The van der Waals surface area contributed by atoms with Gasteiger partial charge in [-0.25, -0.2) is 9.23 Å². The van der Waals surface area contributed by atoms with Crippen molar-refractivity contribution in [1.82, 2.24) is 5.06 Å². The van der Waals surface area contributed by atoms with Crippen LogP contribution < -0.4 is 0 Å². The molecular weight excluding hydrogens is 379 g/mol. The molecule has 0 bridgehead atoms. The zero-order valence-electron chi connectivity index (χ0n) is 12.3. The van der Waals surface area contributed by atoms with E-state index in [2.05, 4.69) is 0 Å². The Labute approximate surface area is 139 Å². The highest BCUT2D eigenvalue weighted by atomic mass is 79.9. The van der Waals surface area contributed by atoms with Crippen molar-refractivity contribution in [2.45, 2.75) is 30.1 Å². The number of hydroxylamine groups is 2. The van der Waals surface area contributed by atoms with Crippen LogP contribution in [0.15, 0.2) is 24.3 Å². The fraction of sp³-hybridized carbons (Fsp3) is 0.533. The largest absolute Gasteiger partial charge is 0.466 e. The average Bonchev–Trinajstić information content (AvgIpc) is 2.81. The second-order valence-electron chi connectivity index (χ2n) is 5.50. The van der Waals surface area contributed by atoms with Crippen LogP contribution in [0.3, 0.4) is 0 Å². The van der Waals surface area contributed by atoms with Gasteiger partial charge in [0.15, 0.2) is 0 Å². The van der Waals surface area contributed by atoms with Crippen LogP contribution in [0.5, 0.6) is 0 Å². The molecule has 1 aromatic carbocycles. The Morgan fingerprint density at radius 3 is 2.87 bits per heavy atom. The van der Waals surface area contributed by atoms with Gasteiger partial charge in [-0.15, -0.1) is 0 Å². The first-order chi connectivity index (χ1) is 10.8. The molecule has 3 rings (SSSR count). The van der Waals surface area contributed by atoms with E-state index in [-0.39, 0.29) is 13.2 Å². The second kappa shape index (κ2) is 5.75. The maximum Gasteiger partial charge on any atom is 0.361 e. The zero-order chi connectivity index (χ0) is 16.8. The normalized spacial score (nSPS) is 30.7. The Hall–Kier alpha value is -1.12. The number of carbonyl (C=O) groups is 1. The molecule has 0 aliphatic carbocycles. The summed E-state index contributed by atoms with van der Waals surface area (Å²) in [6.07, 6.45) is 0.520. The van der Waals surface area contributed by atoms with E-state index in [1.807, 2.05) is 28.1 Å². The molecule has 126 valence electrons. The Bertz CT molecular complexity index is 624. The van der Waals surface area contributed by atoms with Gasteiger partial charge in [0.05, 0.1) is 12.6 Å². The third-order valence-electron chi connectivity index (χ3n) is 4.18. The molecule has 8 heteroatoms. The first kappa shape index (κ1) is 16.7. The molecule has 0 amide bonds. The van der Waals surface area contributed by atoms with Crippen molar-refractivity contribution in [2.24, 2.45) is 5.92 Å². The van der Waals surface area contributed by atoms with Gasteiger partial charge in [-0.1, -0.05) is 24.3 Å². The Morgan fingerprint density at radius 2 is 2.22 bits per heavy atom. The SMILES string of the molecule is CCOC(=O)[C@H]1[C@@H]2c3ccccc3CCN2O[C@]1(F)C(F)(F)Br. The number of rotatable bonds is 3. The van der Waals surface area contributed by atoms with E-state index < -0.39 is 28.6 Å². The predicted octanol–water partition coefficient (Wildman–Crippen LogP) is 3.36. The standard InChI is InChI=1S/C15H15BrF3NO3/c1-2-22-13(21)11-12-10-6-4-3-5-9(10)7-8-20(12)23-14(11,17)15(16,18)19/h3-6,11-12H,2,7-8H2,1H3/t11-,12+,14+/m1/s1. The number of nitrogens with zero attached hydrogens (tertiary/aromatic N) is 1. The van der Waals surface area contributed by atoms with Crippen molar-refractivity contribution in [3.63, 3.8) is 0 Å². The van der Waals surface area contributed by atoms with Crippen LogP contribution in [0.1, 0.15) is 24.1 Å². The molecule has 23 heavy (non-hydrogen) atoms. The van der Waals surface area contributed by atoms with Crippen LogP contribution in [0.2, 0.25) is 0 Å². The molecule has 0 unspecified atom stereocenters. The topological polar surface area (TPSA) is 38.8 Å². The lowest BCUT2D eigenvalue weighted by Gasteiger charge is -2.31.